The van der Waals surface area contributed by atoms with E-state index in [1.807, 2.05) is 0 Å². The van der Waals surface area contributed by atoms with Gasteiger partial charge in [-0.05, 0) is 30.3 Å². The second kappa shape index (κ2) is 6.85. The highest BCUT2D eigenvalue weighted by Gasteiger charge is 2.37. The Morgan fingerprint density at radius 1 is 0.929 bits per heavy atom. The largest absolute Gasteiger partial charge is 0.502 e. The number of nitrogens with one attached hydrogen (secondary N) is 1. The minimum absolute atomic E-state index is 0.140. The fourth-order valence-corrected chi connectivity index (χ4v) is 3.10. The number of nitro benzene ring substituents is 1. The second-order valence-corrected chi connectivity index (χ2v) is 6.99. The molecular weight excluding hydrogens is 422 g/mol. The number of phenols is 1. The molecule has 2 aromatic carbocycles. The molecule has 0 unspecified atom stereocenters. The van der Waals surface area contributed by atoms with Crippen LogP contribution in [0.15, 0.2) is 41.3 Å². The lowest BCUT2D eigenvalue weighted by atomic mass is 10.1. The molecule has 0 aromatic heterocycles. The van der Waals surface area contributed by atoms with Gasteiger partial charge in [-0.15, -0.1) is 0 Å². The molecule has 2 aromatic rings. The summed E-state index contributed by atoms with van der Waals surface area (Å²) in [5.74, 6) is -0.887. The number of nitrogens with zero attached hydrogens (tertiary/aromatic N) is 1. The second-order valence-electron chi connectivity index (χ2n) is 5.31. The Labute approximate surface area is 152 Å². The summed E-state index contributed by atoms with van der Waals surface area (Å²) in [5, 5.41) is 20.1. The number of sulfonamides is 1. The maximum Gasteiger partial charge on any atom is 0.416 e. The third-order valence-electron chi connectivity index (χ3n) is 3.29. The van der Waals surface area contributed by atoms with Crippen LogP contribution in [0.3, 0.4) is 0 Å². The van der Waals surface area contributed by atoms with Gasteiger partial charge in [-0.3, -0.25) is 14.8 Å². The van der Waals surface area contributed by atoms with Crippen molar-refractivity contribution in [2.75, 3.05) is 4.72 Å². The minimum Gasteiger partial charge on any atom is -0.502 e. The van der Waals surface area contributed by atoms with E-state index in [0.29, 0.717) is 18.2 Å². The number of rotatable bonds is 4. The van der Waals surface area contributed by atoms with Crippen LogP contribution >= 0.6 is 0 Å². The van der Waals surface area contributed by atoms with E-state index in [1.165, 1.54) is 4.72 Å². The summed E-state index contributed by atoms with van der Waals surface area (Å²) in [5.41, 5.74) is -5.59. The van der Waals surface area contributed by atoms with E-state index in [-0.39, 0.29) is 18.2 Å². The predicted octanol–water partition coefficient (Wildman–Crippen LogP) is 4.14. The molecule has 2 rings (SSSR count). The van der Waals surface area contributed by atoms with Crippen molar-refractivity contribution in [3.63, 3.8) is 0 Å². The third-order valence-corrected chi connectivity index (χ3v) is 4.67. The fraction of sp³-hybridized carbons (Fsp3) is 0.143. The van der Waals surface area contributed by atoms with Gasteiger partial charge in [-0.1, -0.05) is 0 Å². The van der Waals surface area contributed by atoms with E-state index in [1.54, 1.807) is 0 Å². The van der Waals surface area contributed by atoms with Gasteiger partial charge in [0.2, 0.25) is 0 Å². The summed E-state index contributed by atoms with van der Waals surface area (Å²) in [6, 6.07) is 1.81. The Bertz CT molecular complexity index is 1000. The monoisotopic (exact) mass is 430 g/mol. The first-order valence-electron chi connectivity index (χ1n) is 6.91. The highest BCUT2D eigenvalue weighted by Crippen LogP contribution is 2.38. The van der Waals surface area contributed by atoms with Crippen molar-refractivity contribution in [3.05, 3.63) is 57.6 Å². The van der Waals surface area contributed by atoms with Crippen molar-refractivity contribution in [2.45, 2.75) is 17.2 Å². The molecule has 0 atom stereocenters. The van der Waals surface area contributed by atoms with Gasteiger partial charge < -0.3 is 5.11 Å². The van der Waals surface area contributed by atoms with Gasteiger partial charge in [0.1, 0.15) is 0 Å². The minimum atomic E-state index is -5.20. The number of benzene rings is 2. The number of aromatic hydroxyl groups is 1. The zero-order chi connectivity index (χ0) is 21.5. The van der Waals surface area contributed by atoms with Crippen molar-refractivity contribution in [2.24, 2.45) is 0 Å². The standard InChI is InChI=1S/C14H8F6N2O5S/c15-13(16,17)7-3-8(14(18,19)20)5-9(4-7)21-28(26,27)10-1-2-12(23)11(6-10)22(24)25/h1-6,21,23H. The zero-order valence-electron chi connectivity index (χ0n) is 13.2. The van der Waals surface area contributed by atoms with Gasteiger partial charge in [-0.2, -0.15) is 26.3 Å². The summed E-state index contributed by atoms with van der Waals surface area (Å²) in [6.07, 6.45) is -10.4. The van der Waals surface area contributed by atoms with E-state index < -0.39 is 60.4 Å². The fourth-order valence-electron chi connectivity index (χ4n) is 2.04. The van der Waals surface area contributed by atoms with E-state index in [2.05, 4.69) is 0 Å². The molecule has 2 N–H and O–H groups in total. The number of phenolic OH excluding ortho intramolecular Hbond substituents is 1. The number of anilines is 1. The molecule has 0 saturated heterocycles. The molecule has 0 fully saturated rings. The average molecular weight is 430 g/mol. The summed E-state index contributed by atoms with van der Waals surface area (Å²) in [7, 11) is -4.81. The first-order chi connectivity index (χ1) is 12.6. The van der Waals surface area contributed by atoms with Gasteiger partial charge in [0.15, 0.2) is 5.75 Å². The van der Waals surface area contributed by atoms with E-state index in [9.17, 15) is 50.0 Å². The number of hydrogen-bond donors (Lipinski definition) is 2. The Morgan fingerprint density at radius 2 is 1.43 bits per heavy atom. The molecule has 0 spiro atoms. The quantitative estimate of drug-likeness (QED) is 0.431. The van der Waals surface area contributed by atoms with Gasteiger partial charge in [0.05, 0.1) is 26.6 Å². The summed E-state index contributed by atoms with van der Waals surface area (Å²) in [4.78, 5) is 8.77. The molecule has 0 aliphatic carbocycles. The normalized spacial score (nSPS) is 12.6. The molecule has 7 nitrogen and oxygen atoms in total. The number of nitro groups is 1. The van der Waals surface area contributed by atoms with Crippen LogP contribution in [-0.2, 0) is 22.4 Å². The molecule has 152 valence electrons. The Balaban J connectivity index is 2.55. The lowest BCUT2D eigenvalue weighted by Crippen LogP contribution is -2.16. The summed E-state index contributed by atoms with van der Waals surface area (Å²) in [6.45, 7) is 0. The summed E-state index contributed by atoms with van der Waals surface area (Å²) < 4.78 is 103. The van der Waals surface area contributed by atoms with Crippen molar-refractivity contribution < 1.29 is 44.8 Å². The van der Waals surface area contributed by atoms with Crippen LogP contribution in [0.5, 0.6) is 5.75 Å². The Morgan fingerprint density at radius 3 is 1.86 bits per heavy atom. The van der Waals surface area contributed by atoms with Crippen molar-refractivity contribution in [1.82, 2.24) is 0 Å². The molecule has 0 amide bonds. The first-order valence-corrected chi connectivity index (χ1v) is 8.39. The number of hydrogen-bond acceptors (Lipinski definition) is 5. The van der Waals surface area contributed by atoms with Crippen LogP contribution in [0.2, 0.25) is 0 Å². The molecule has 14 heteroatoms. The van der Waals surface area contributed by atoms with Crippen LogP contribution in [0.4, 0.5) is 37.7 Å². The predicted molar refractivity (Wildman–Crippen MR) is 82.0 cm³/mol. The molecule has 0 radical (unpaired) electrons. The molecule has 0 aliphatic rings. The average Bonchev–Trinajstić information content (AvgIpc) is 2.52. The van der Waals surface area contributed by atoms with E-state index in [0.717, 1.165) is 0 Å². The van der Waals surface area contributed by atoms with Crippen LogP contribution in [-0.4, -0.2) is 18.4 Å². The Hall–Kier alpha value is -3.03. The molecular formula is C14H8F6N2O5S. The van der Waals surface area contributed by atoms with Crippen LogP contribution in [0.25, 0.3) is 0 Å². The number of alkyl halides is 6. The van der Waals surface area contributed by atoms with Crippen molar-refractivity contribution in [3.8, 4) is 5.75 Å². The smallest absolute Gasteiger partial charge is 0.416 e. The van der Waals surface area contributed by atoms with Crippen molar-refractivity contribution in [1.29, 1.82) is 0 Å². The first kappa shape index (κ1) is 21.3. The maximum atomic E-state index is 12.8. The topological polar surface area (TPSA) is 110 Å². The van der Waals surface area contributed by atoms with Crippen LogP contribution in [0, 0.1) is 10.1 Å². The van der Waals surface area contributed by atoms with E-state index in [4.69, 9.17) is 0 Å². The van der Waals surface area contributed by atoms with Crippen LogP contribution in [0.1, 0.15) is 11.1 Å². The van der Waals surface area contributed by atoms with Gasteiger partial charge >= 0.3 is 18.0 Å². The lowest BCUT2D eigenvalue weighted by Gasteiger charge is -2.15. The van der Waals surface area contributed by atoms with Gasteiger partial charge in [0.25, 0.3) is 10.0 Å². The molecule has 0 aliphatic heterocycles. The molecule has 0 bridgehead atoms. The third kappa shape index (κ3) is 4.62. The Kier molecular flexibility index (Phi) is 5.20. The van der Waals surface area contributed by atoms with Crippen LogP contribution < -0.4 is 4.72 Å². The summed E-state index contributed by atoms with van der Waals surface area (Å²) >= 11 is 0. The molecule has 0 saturated carbocycles. The molecule has 28 heavy (non-hydrogen) atoms. The highest BCUT2D eigenvalue weighted by atomic mass is 32.2. The molecule has 0 heterocycles. The maximum absolute atomic E-state index is 12.8. The van der Waals surface area contributed by atoms with Gasteiger partial charge in [0, 0.05) is 6.07 Å². The van der Waals surface area contributed by atoms with Gasteiger partial charge in [-0.25, -0.2) is 8.42 Å². The zero-order valence-corrected chi connectivity index (χ0v) is 14.0. The lowest BCUT2D eigenvalue weighted by molar-refractivity contribution is -0.386. The number of halogens is 6. The SMILES string of the molecule is O=[N+]([O-])c1cc(S(=O)(=O)Nc2cc(C(F)(F)F)cc(C(F)(F)F)c2)ccc1O. The highest BCUT2D eigenvalue weighted by molar-refractivity contribution is 7.92. The van der Waals surface area contributed by atoms with Crippen molar-refractivity contribution >= 4 is 21.4 Å². The van der Waals surface area contributed by atoms with E-state index >= 15 is 0 Å².